The quantitative estimate of drug-likeness (QED) is 0.754. The average molecular weight is 254 g/mol. The summed E-state index contributed by atoms with van der Waals surface area (Å²) < 4.78 is 5.35. The smallest absolute Gasteiger partial charge is 0.143 e. The molecule has 2 N–H and O–H groups in total. The van der Waals surface area contributed by atoms with Gasteiger partial charge in [-0.1, -0.05) is 6.07 Å². The van der Waals surface area contributed by atoms with Gasteiger partial charge in [-0.05, 0) is 30.7 Å². The highest BCUT2D eigenvalue weighted by molar-refractivity contribution is 5.89. The summed E-state index contributed by atoms with van der Waals surface area (Å²) in [5.41, 5.74) is 2.86. The van der Waals surface area contributed by atoms with E-state index in [2.05, 4.69) is 20.3 Å². The molecule has 96 valence electrons. The molecule has 0 atom stereocenters. The fourth-order valence-corrected chi connectivity index (χ4v) is 2.02. The molecule has 0 unspecified atom stereocenters. The first-order valence-corrected chi connectivity index (χ1v) is 5.97. The Morgan fingerprint density at radius 3 is 2.95 bits per heavy atom. The first-order valence-electron chi connectivity index (χ1n) is 5.97. The van der Waals surface area contributed by atoms with E-state index >= 15 is 0 Å². The second kappa shape index (κ2) is 4.61. The zero-order valence-corrected chi connectivity index (χ0v) is 10.8. The molecule has 1 aromatic carbocycles. The molecule has 0 aliphatic rings. The number of hydrogen-bond acceptors (Lipinski definition) is 4. The van der Waals surface area contributed by atoms with Crippen LogP contribution in [0.2, 0.25) is 0 Å². The summed E-state index contributed by atoms with van der Waals surface area (Å²) in [5.74, 6) is 1.54. The van der Waals surface area contributed by atoms with Gasteiger partial charge in [-0.2, -0.15) is 0 Å². The lowest BCUT2D eigenvalue weighted by molar-refractivity contribution is 0.416. The molecule has 0 aliphatic heterocycles. The average Bonchev–Trinajstić information content (AvgIpc) is 2.88. The fourth-order valence-electron chi connectivity index (χ4n) is 2.02. The van der Waals surface area contributed by atoms with Gasteiger partial charge in [0.05, 0.1) is 18.2 Å². The second-order valence-electron chi connectivity index (χ2n) is 4.29. The third kappa shape index (κ3) is 2.10. The number of hydrogen-bond donors (Lipinski definition) is 2. The number of nitrogens with zero attached hydrogens (tertiary/aromatic N) is 2. The third-order valence-electron chi connectivity index (χ3n) is 2.96. The van der Waals surface area contributed by atoms with E-state index in [1.54, 1.807) is 7.11 Å². The van der Waals surface area contributed by atoms with Crippen LogP contribution in [0.5, 0.6) is 5.75 Å². The number of fused-ring (bicyclic) bond motifs is 1. The monoisotopic (exact) mass is 254 g/mol. The summed E-state index contributed by atoms with van der Waals surface area (Å²) in [6.07, 6.45) is 3.38. The molecule has 0 aliphatic carbocycles. The minimum Gasteiger partial charge on any atom is -0.495 e. The molecule has 0 fully saturated rings. The summed E-state index contributed by atoms with van der Waals surface area (Å²) in [5, 5.41) is 4.25. The Kier molecular flexibility index (Phi) is 2.79. The van der Waals surface area contributed by atoms with Crippen LogP contribution in [0.4, 0.5) is 11.5 Å². The van der Waals surface area contributed by atoms with Gasteiger partial charge in [0.25, 0.3) is 0 Å². The molecule has 3 rings (SSSR count). The Hall–Kier alpha value is -2.56. The van der Waals surface area contributed by atoms with Crippen molar-refractivity contribution in [2.24, 2.45) is 0 Å². The Morgan fingerprint density at radius 1 is 1.21 bits per heavy atom. The number of nitrogens with one attached hydrogen (secondary N) is 2. The SMILES string of the molecule is COc1ccc(C)cc1Nc1ncnc2[nH]ccc12. The number of anilines is 2. The van der Waals surface area contributed by atoms with Crippen LogP contribution in [0.3, 0.4) is 0 Å². The van der Waals surface area contributed by atoms with E-state index in [-0.39, 0.29) is 0 Å². The van der Waals surface area contributed by atoms with Crippen LogP contribution in [0.25, 0.3) is 11.0 Å². The molecule has 2 heterocycles. The molecule has 19 heavy (non-hydrogen) atoms. The van der Waals surface area contributed by atoms with Crippen LogP contribution in [-0.2, 0) is 0 Å². The van der Waals surface area contributed by atoms with Crippen molar-refractivity contribution < 1.29 is 4.74 Å². The van der Waals surface area contributed by atoms with Crippen LogP contribution >= 0.6 is 0 Å². The van der Waals surface area contributed by atoms with E-state index in [9.17, 15) is 0 Å². The van der Waals surface area contributed by atoms with Crippen molar-refractivity contribution in [3.05, 3.63) is 42.4 Å². The Bertz CT molecular complexity index is 720. The predicted molar refractivity (Wildman–Crippen MR) is 74.9 cm³/mol. The van der Waals surface area contributed by atoms with Crippen LogP contribution in [0.15, 0.2) is 36.8 Å². The predicted octanol–water partition coefficient (Wildman–Crippen LogP) is 3.02. The van der Waals surface area contributed by atoms with Gasteiger partial charge in [0.2, 0.25) is 0 Å². The number of benzene rings is 1. The van der Waals surface area contributed by atoms with Gasteiger partial charge in [0.15, 0.2) is 0 Å². The van der Waals surface area contributed by atoms with Crippen molar-refractivity contribution in [3.8, 4) is 5.75 Å². The molecule has 0 spiro atoms. The first-order chi connectivity index (χ1) is 9.28. The molecular formula is C14H14N4O. The summed E-state index contributed by atoms with van der Waals surface area (Å²) in [7, 11) is 1.65. The molecule has 0 saturated carbocycles. The summed E-state index contributed by atoms with van der Waals surface area (Å²) >= 11 is 0. The molecule has 0 saturated heterocycles. The maximum Gasteiger partial charge on any atom is 0.143 e. The van der Waals surface area contributed by atoms with E-state index in [0.29, 0.717) is 0 Å². The standard InChI is InChI=1S/C14H14N4O/c1-9-3-4-12(19-2)11(7-9)18-14-10-5-6-15-13(10)16-8-17-14/h3-8H,1-2H3,(H2,15,16,17,18). The van der Waals surface area contributed by atoms with Crippen molar-refractivity contribution in [2.45, 2.75) is 6.92 Å². The number of ether oxygens (including phenoxy) is 1. The zero-order valence-electron chi connectivity index (χ0n) is 10.8. The minimum absolute atomic E-state index is 0.759. The second-order valence-corrected chi connectivity index (χ2v) is 4.29. The summed E-state index contributed by atoms with van der Waals surface area (Å²) in [6, 6.07) is 7.92. The number of methoxy groups -OCH3 is 1. The maximum absolute atomic E-state index is 5.35. The Labute approximate surface area is 110 Å². The fraction of sp³-hybridized carbons (Fsp3) is 0.143. The Morgan fingerprint density at radius 2 is 2.11 bits per heavy atom. The van der Waals surface area contributed by atoms with E-state index < -0.39 is 0 Å². The van der Waals surface area contributed by atoms with E-state index in [1.165, 1.54) is 6.33 Å². The van der Waals surface area contributed by atoms with E-state index in [0.717, 1.165) is 33.9 Å². The van der Waals surface area contributed by atoms with Gasteiger partial charge in [-0.15, -0.1) is 0 Å². The lowest BCUT2D eigenvalue weighted by atomic mass is 10.2. The van der Waals surface area contributed by atoms with E-state index in [4.69, 9.17) is 4.74 Å². The van der Waals surface area contributed by atoms with Gasteiger partial charge in [0.1, 0.15) is 23.5 Å². The van der Waals surface area contributed by atoms with Crippen LogP contribution in [0, 0.1) is 6.92 Å². The van der Waals surface area contributed by atoms with Gasteiger partial charge in [-0.25, -0.2) is 9.97 Å². The van der Waals surface area contributed by atoms with Crippen LogP contribution in [0.1, 0.15) is 5.56 Å². The molecule has 5 nitrogen and oxygen atoms in total. The van der Waals surface area contributed by atoms with Crippen molar-refractivity contribution >= 4 is 22.5 Å². The topological polar surface area (TPSA) is 62.8 Å². The molecule has 3 aromatic rings. The molecule has 5 heteroatoms. The number of rotatable bonds is 3. The molecule has 0 amide bonds. The highest BCUT2D eigenvalue weighted by Crippen LogP contribution is 2.30. The molecular weight excluding hydrogens is 240 g/mol. The molecule has 0 bridgehead atoms. The third-order valence-corrected chi connectivity index (χ3v) is 2.96. The van der Waals surface area contributed by atoms with Crippen molar-refractivity contribution in [1.82, 2.24) is 15.0 Å². The number of aromatic amines is 1. The van der Waals surface area contributed by atoms with Crippen molar-refractivity contribution in [3.63, 3.8) is 0 Å². The molecule has 0 radical (unpaired) electrons. The molecule has 2 aromatic heterocycles. The van der Waals surface area contributed by atoms with Gasteiger partial charge < -0.3 is 15.0 Å². The summed E-state index contributed by atoms with van der Waals surface area (Å²) in [4.78, 5) is 11.5. The largest absolute Gasteiger partial charge is 0.495 e. The van der Waals surface area contributed by atoms with Crippen molar-refractivity contribution in [2.75, 3.05) is 12.4 Å². The first kappa shape index (κ1) is 11.5. The lowest BCUT2D eigenvalue weighted by Gasteiger charge is -2.11. The highest BCUT2D eigenvalue weighted by Gasteiger charge is 2.08. The van der Waals surface area contributed by atoms with Gasteiger partial charge in [0, 0.05) is 6.20 Å². The Balaban J connectivity index is 2.05. The van der Waals surface area contributed by atoms with Gasteiger partial charge in [-0.3, -0.25) is 0 Å². The maximum atomic E-state index is 5.35. The zero-order chi connectivity index (χ0) is 13.2. The highest BCUT2D eigenvalue weighted by atomic mass is 16.5. The van der Waals surface area contributed by atoms with Crippen LogP contribution in [-0.4, -0.2) is 22.1 Å². The normalized spacial score (nSPS) is 10.6. The number of H-pyrrole nitrogens is 1. The minimum atomic E-state index is 0.759. The van der Waals surface area contributed by atoms with Crippen molar-refractivity contribution in [1.29, 1.82) is 0 Å². The van der Waals surface area contributed by atoms with Gasteiger partial charge >= 0.3 is 0 Å². The van der Waals surface area contributed by atoms with Crippen LogP contribution < -0.4 is 10.1 Å². The number of aromatic nitrogens is 3. The van der Waals surface area contributed by atoms with E-state index in [1.807, 2.05) is 37.4 Å². The number of aryl methyl sites for hydroxylation is 1. The lowest BCUT2D eigenvalue weighted by Crippen LogP contribution is -1.98. The summed E-state index contributed by atoms with van der Waals surface area (Å²) in [6.45, 7) is 2.04.